The lowest BCUT2D eigenvalue weighted by Crippen LogP contribution is -2.15. The Labute approximate surface area is 61.5 Å². The molecular formula is C5H10F4O2. The number of aliphatic hydroxyl groups excluding tert-OH is 1. The van der Waals surface area contributed by atoms with E-state index in [1.165, 1.54) is 6.92 Å². The molecule has 0 saturated heterocycles. The number of rotatable bonds is 2. The summed E-state index contributed by atoms with van der Waals surface area (Å²) in [6.07, 6.45) is -4.91. The molecule has 0 bridgehead atoms. The van der Waals surface area contributed by atoms with Crippen molar-refractivity contribution in [1.29, 1.82) is 0 Å². The molecule has 0 aliphatic heterocycles. The summed E-state index contributed by atoms with van der Waals surface area (Å²) in [4.78, 5) is 0. The second kappa shape index (κ2) is 6.36. The van der Waals surface area contributed by atoms with Gasteiger partial charge in [0.05, 0.1) is 6.10 Å². The molecule has 0 amide bonds. The SMILES string of the molecule is CC(O)CF.OC(F)(F)CF. The minimum atomic E-state index is -4.12. The Morgan fingerprint density at radius 1 is 1.36 bits per heavy atom. The zero-order chi connectivity index (χ0) is 9.49. The van der Waals surface area contributed by atoms with Gasteiger partial charge in [-0.05, 0) is 6.92 Å². The fourth-order valence-corrected chi connectivity index (χ4v) is 0. The van der Waals surface area contributed by atoms with Crippen LogP contribution in [0, 0.1) is 0 Å². The normalized spacial score (nSPS) is 13.4. The third-order valence-corrected chi connectivity index (χ3v) is 0.384. The highest BCUT2D eigenvalue weighted by molar-refractivity contribution is 4.38. The fourth-order valence-electron chi connectivity index (χ4n) is 0. The Hall–Kier alpha value is -0.360. The smallest absolute Gasteiger partial charge is 0.381 e. The largest absolute Gasteiger partial charge is 0.391 e. The predicted molar refractivity (Wildman–Crippen MR) is 30.8 cm³/mol. The van der Waals surface area contributed by atoms with Crippen LogP contribution in [-0.2, 0) is 0 Å². The van der Waals surface area contributed by atoms with Crippen LogP contribution in [-0.4, -0.2) is 35.8 Å². The van der Waals surface area contributed by atoms with Crippen LogP contribution < -0.4 is 0 Å². The number of halogens is 4. The monoisotopic (exact) mass is 178 g/mol. The molecule has 0 aliphatic rings. The lowest BCUT2D eigenvalue weighted by atomic mass is 10.5. The number of aliphatic hydroxyl groups is 2. The topological polar surface area (TPSA) is 40.5 Å². The van der Waals surface area contributed by atoms with Gasteiger partial charge in [-0.15, -0.1) is 0 Å². The van der Waals surface area contributed by atoms with Gasteiger partial charge >= 0.3 is 6.11 Å². The number of hydrogen-bond donors (Lipinski definition) is 2. The van der Waals surface area contributed by atoms with Crippen LogP contribution in [0.4, 0.5) is 17.6 Å². The van der Waals surface area contributed by atoms with Gasteiger partial charge in [-0.1, -0.05) is 0 Å². The molecule has 6 heteroatoms. The third-order valence-electron chi connectivity index (χ3n) is 0.384. The molecule has 1 atom stereocenters. The van der Waals surface area contributed by atoms with Crippen molar-refractivity contribution in [3.05, 3.63) is 0 Å². The van der Waals surface area contributed by atoms with Crippen LogP contribution in [0.25, 0.3) is 0 Å². The van der Waals surface area contributed by atoms with E-state index in [0.29, 0.717) is 0 Å². The first-order chi connectivity index (χ1) is 4.83. The van der Waals surface area contributed by atoms with Gasteiger partial charge in [-0.3, -0.25) is 0 Å². The molecule has 0 radical (unpaired) electrons. The van der Waals surface area contributed by atoms with Crippen molar-refractivity contribution >= 4 is 0 Å². The Balaban J connectivity index is 0. The summed E-state index contributed by atoms with van der Waals surface area (Å²) in [6, 6.07) is 0. The molecule has 0 aromatic carbocycles. The van der Waals surface area contributed by atoms with Crippen LogP contribution in [0.5, 0.6) is 0 Å². The van der Waals surface area contributed by atoms with E-state index in [9.17, 15) is 17.6 Å². The van der Waals surface area contributed by atoms with E-state index in [-0.39, 0.29) is 0 Å². The van der Waals surface area contributed by atoms with Gasteiger partial charge in [0, 0.05) is 0 Å². The van der Waals surface area contributed by atoms with Crippen molar-refractivity contribution in [3.63, 3.8) is 0 Å². The van der Waals surface area contributed by atoms with E-state index < -0.39 is 25.6 Å². The van der Waals surface area contributed by atoms with E-state index in [2.05, 4.69) is 0 Å². The van der Waals surface area contributed by atoms with Crippen LogP contribution in [0.1, 0.15) is 6.92 Å². The number of alkyl halides is 4. The first kappa shape index (κ1) is 13.2. The lowest BCUT2D eigenvalue weighted by molar-refractivity contribution is -0.208. The summed E-state index contributed by atoms with van der Waals surface area (Å²) < 4.78 is 42.6. The molecule has 1 unspecified atom stereocenters. The van der Waals surface area contributed by atoms with Gasteiger partial charge in [0.1, 0.15) is 6.67 Å². The highest BCUT2D eigenvalue weighted by Crippen LogP contribution is 2.06. The molecule has 0 spiro atoms. The molecule has 70 valence electrons. The van der Waals surface area contributed by atoms with Gasteiger partial charge in [0.15, 0.2) is 6.67 Å². The molecule has 0 saturated carbocycles. The quantitative estimate of drug-likeness (QED) is 0.616. The Morgan fingerprint density at radius 3 is 1.55 bits per heavy atom. The maximum Gasteiger partial charge on any atom is 0.381 e. The third kappa shape index (κ3) is 26.1. The summed E-state index contributed by atoms with van der Waals surface area (Å²) in [5, 5.41) is 15.1. The summed E-state index contributed by atoms with van der Waals surface area (Å²) in [6.45, 7) is -1.24. The van der Waals surface area contributed by atoms with E-state index >= 15 is 0 Å². The molecule has 0 fully saturated rings. The molecular weight excluding hydrogens is 168 g/mol. The summed E-state index contributed by atoms with van der Waals surface area (Å²) in [7, 11) is 0. The van der Waals surface area contributed by atoms with Crippen molar-refractivity contribution in [2.75, 3.05) is 13.3 Å². The molecule has 0 aliphatic carbocycles. The average Bonchev–Trinajstić information content (AvgIpc) is 1.88. The first-order valence-corrected chi connectivity index (χ1v) is 2.73. The zero-order valence-electron chi connectivity index (χ0n) is 5.90. The molecule has 0 aromatic heterocycles. The molecule has 0 heterocycles. The van der Waals surface area contributed by atoms with Crippen molar-refractivity contribution in [1.82, 2.24) is 0 Å². The predicted octanol–water partition coefficient (Wildman–Crippen LogP) is 0.878. The van der Waals surface area contributed by atoms with E-state index in [0.717, 1.165) is 0 Å². The average molecular weight is 178 g/mol. The van der Waals surface area contributed by atoms with Gasteiger partial charge in [0.25, 0.3) is 0 Å². The molecule has 11 heavy (non-hydrogen) atoms. The van der Waals surface area contributed by atoms with Crippen molar-refractivity contribution < 1.29 is 27.8 Å². The van der Waals surface area contributed by atoms with Crippen molar-refractivity contribution in [2.24, 2.45) is 0 Å². The van der Waals surface area contributed by atoms with Gasteiger partial charge < -0.3 is 10.2 Å². The summed E-state index contributed by atoms with van der Waals surface area (Å²) in [5.41, 5.74) is 0. The number of hydrogen-bond acceptors (Lipinski definition) is 2. The maximum atomic E-state index is 10.9. The molecule has 0 rings (SSSR count). The van der Waals surface area contributed by atoms with Crippen molar-refractivity contribution in [2.45, 2.75) is 19.1 Å². The van der Waals surface area contributed by atoms with E-state index in [1.807, 2.05) is 0 Å². The lowest BCUT2D eigenvalue weighted by Gasteiger charge is -1.97. The highest BCUT2D eigenvalue weighted by Gasteiger charge is 2.22. The van der Waals surface area contributed by atoms with Crippen LogP contribution in [0.2, 0.25) is 0 Å². The standard InChI is InChI=1S/C3H7FO.C2H3F3O/c1-3(5)2-4;3-1-2(4,5)6/h3,5H,2H2,1H3;6H,1H2. The van der Waals surface area contributed by atoms with E-state index in [4.69, 9.17) is 10.2 Å². The second-order valence-corrected chi connectivity index (χ2v) is 1.80. The maximum absolute atomic E-state index is 10.9. The fraction of sp³-hybridized carbons (Fsp3) is 1.00. The van der Waals surface area contributed by atoms with Gasteiger partial charge in [-0.25, -0.2) is 8.78 Å². The molecule has 0 aromatic rings. The highest BCUT2D eigenvalue weighted by atomic mass is 19.3. The summed E-state index contributed by atoms with van der Waals surface area (Å²) >= 11 is 0. The van der Waals surface area contributed by atoms with Crippen molar-refractivity contribution in [3.8, 4) is 0 Å². The zero-order valence-corrected chi connectivity index (χ0v) is 5.90. The van der Waals surface area contributed by atoms with Crippen LogP contribution in [0.3, 0.4) is 0 Å². The van der Waals surface area contributed by atoms with Crippen LogP contribution >= 0.6 is 0 Å². The first-order valence-electron chi connectivity index (χ1n) is 2.73. The van der Waals surface area contributed by atoms with Gasteiger partial charge in [0.2, 0.25) is 0 Å². The van der Waals surface area contributed by atoms with E-state index in [1.54, 1.807) is 0 Å². The minimum absolute atomic E-state index is 0.639. The molecule has 2 nitrogen and oxygen atoms in total. The Kier molecular flexibility index (Phi) is 7.65. The van der Waals surface area contributed by atoms with Crippen LogP contribution in [0.15, 0.2) is 0 Å². The molecule has 2 N–H and O–H groups in total. The minimum Gasteiger partial charge on any atom is -0.391 e. The Bertz CT molecular complexity index is 81.0. The second-order valence-electron chi connectivity index (χ2n) is 1.80. The Morgan fingerprint density at radius 2 is 1.55 bits per heavy atom. The van der Waals surface area contributed by atoms with Gasteiger partial charge in [-0.2, -0.15) is 8.78 Å². The summed E-state index contributed by atoms with van der Waals surface area (Å²) in [5.74, 6) is 0.